The number of amides is 1. The Morgan fingerprint density at radius 1 is 1.28 bits per heavy atom. The Bertz CT molecular complexity index is 995. The molecule has 6 nitrogen and oxygen atoms in total. The van der Waals surface area contributed by atoms with Crippen LogP contribution in [0.1, 0.15) is 39.0 Å². The van der Waals surface area contributed by atoms with Crippen LogP contribution in [0.3, 0.4) is 0 Å². The van der Waals surface area contributed by atoms with Crippen LogP contribution in [-0.2, 0) is 6.42 Å². The molecule has 0 atom stereocenters. The van der Waals surface area contributed by atoms with Crippen molar-refractivity contribution in [2.24, 2.45) is 0 Å². The molecule has 0 aliphatic carbocycles. The number of carboxylic acid groups (broad SMARTS) is 1. The number of carbonyl (C=O) groups is 2. The Morgan fingerprint density at radius 2 is 2.04 bits per heavy atom. The number of fused-ring (bicyclic) bond motifs is 1. The molecule has 1 aromatic carbocycles. The van der Waals surface area contributed by atoms with Crippen LogP contribution in [0.25, 0.3) is 5.65 Å². The van der Waals surface area contributed by atoms with Crippen LogP contribution in [-0.4, -0.2) is 26.4 Å². The van der Waals surface area contributed by atoms with E-state index in [0.717, 1.165) is 5.56 Å². The van der Waals surface area contributed by atoms with Gasteiger partial charge in [-0.15, -0.1) is 0 Å². The third kappa shape index (κ3) is 3.21. The Balaban J connectivity index is 2.02. The highest BCUT2D eigenvalue weighted by molar-refractivity contribution is 6.33. The Hall–Kier alpha value is -2.86. The topological polar surface area (TPSA) is 83.7 Å². The number of anilines is 1. The van der Waals surface area contributed by atoms with Gasteiger partial charge in [-0.3, -0.25) is 9.20 Å². The van der Waals surface area contributed by atoms with E-state index in [9.17, 15) is 9.59 Å². The Morgan fingerprint density at radius 3 is 2.72 bits per heavy atom. The monoisotopic (exact) mass is 357 g/mol. The van der Waals surface area contributed by atoms with Crippen molar-refractivity contribution in [1.82, 2.24) is 9.38 Å². The Labute approximate surface area is 149 Å². The third-order valence-corrected chi connectivity index (χ3v) is 4.17. The molecule has 3 rings (SSSR count). The van der Waals surface area contributed by atoms with Gasteiger partial charge < -0.3 is 10.4 Å². The van der Waals surface area contributed by atoms with Gasteiger partial charge in [0.1, 0.15) is 11.3 Å². The smallest absolute Gasteiger partial charge is 0.337 e. The van der Waals surface area contributed by atoms with Crippen molar-refractivity contribution in [3.05, 3.63) is 64.1 Å². The van der Waals surface area contributed by atoms with E-state index in [2.05, 4.69) is 10.3 Å². The van der Waals surface area contributed by atoms with Gasteiger partial charge in [0.25, 0.3) is 5.91 Å². The summed E-state index contributed by atoms with van der Waals surface area (Å²) in [4.78, 5) is 28.5. The molecular formula is C18H16ClN3O3. The first-order chi connectivity index (χ1) is 11.9. The highest BCUT2D eigenvalue weighted by Crippen LogP contribution is 2.22. The van der Waals surface area contributed by atoms with E-state index >= 15 is 0 Å². The number of aryl methyl sites for hydroxylation is 2. The maximum absolute atomic E-state index is 12.8. The fourth-order valence-electron chi connectivity index (χ4n) is 2.64. The number of aromatic nitrogens is 2. The number of rotatable bonds is 4. The largest absolute Gasteiger partial charge is 0.478 e. The average molecular weight is 358 g/mol. The van der Waals surface area contributed by atoms with Gasteiger partial charge in [0, 0.05) is 11.9 Å². The summed E-state index contributed by atoms with van der Waals surface area (Å²) in [5, 5.41) is 12.0. The molecule has 2 N–H and O–H groups in total. The zero-order chi connectivity index (χ0) is 18.1. The van der Waals surface area contributed by atoms with E-state index in [-0.39, 0.29) is 16.5 Å². The van der Waals surface area contributed by atoms with Crippen molar-refractivity contribution in [3.8, 4) is 0 Å². The summed E-state index contributed by atoms with van der Waals surface area (Å²) in [6, 6.07) is 8.13. The van der Waals surface area contributed by atoms with Gasteiger partial charge in [-0.05, 0) is 43.2 Å². The fraction of sp³-hybridized carbons (Fsp3) is 0.167. The zero-order valence-corrected chi connectivity index (χ0v) is 14.5. The van der Waals surface area contributed by atoms with Crippen LogP contribution in [0.2, 0.25) is 5.02 Å². The molecule has 1 amide bonds. The summed E-state index contributed by atoms with van der Waals surface area (Å²) in [6.45, 7) is 3.86. The first-order valence-electron chi connectivity index (χ1n) is 7.72. The quantitative estimate of drug-likeness (QED) is 0.743. The molecule has 0 spiro atoms. The molecule has 0 bridgehead atoms. The lowest BCUT2D eigenvalue weighted by Gasteiger charge is -2.08. The molecule has 2 heterocycles. The van der Waals surface area contributed by atoms with Crippen LogP contribution < -0.4 is 5.32 Å². The molecule has 3 aromatic rings. The van der Waals surface area contributed by atoms with Crippen molar-refractivity contribution >= 4 is 34.8 Å². The summed E-state index contributed by atoms with van der Waals surface area (Å²) < 4.78 is 1.75. The second-order valence-corrected chi connectivity index (χ2v) is 6.06. The number of carbonyl (C=O) groups excluding carboxylic acids is 1. The van der Waals surface area contributed by atoms with E-state index in [4.69, 9.17) is 16.7 Å². The predicted molar refractivity (Wildman–Crippen MR) is 95.7 cm³/mol. The molecule has 25 heavy (non-hydrogen) atoms. The standard InChI is InChI=1S/C18H16ClN3O3/c1-3-14-16(22-9-10(2)4-7-15(22)21-14)17(23)20-11-5-6-13(19)12(8-11)18(24)25/h4-9H,3H2,1-2H3,(H,20,23)(H,24,25). The zero-order valence-electron chi connectivity index (χ0n) is 13.7. The van der Waals surface area contributed by atoms with Crippen molar-refractivity contribution in [2.75, 3.05) is 5.32 Å². The molecule has 7 heteroatoms. The highest BCUT2D eigenvalue weighted by Gasteiger charge is 2.19. The summed E-state index contributed by atoms with van der Waals surface area (Å²) in [5.74, 6) is -1.51. The number of imidazole rings is 1. The maximum atomic E-state index is 12.8. The predicted octanol–water partition coefficient (Wildman–Crippen LogP) is 3.81. The number of benzene rings is 1. The molecule has 2 aromatic heterocycles. The number of pyridine rings is 1. The van der Waals surface area contributed by atoms with Gasteiger partial charge in [-0.1, -0.05) is 24.6 Å². The van der Waals surface area contributed by atoms with Gasteiger partial charge in [0.15, 0.2) is 0 Å². The minimum Gasteiger partial charge on any atom is -0.478 e. The molecule has 0 saturated heterocycles. The molecule has 0 fully saturated rings. The van der Waals surface area contributed by atoms with Gasteiger partial charge in [0.2, 0.25) is 0 Å². The SMILES string of the molecule is CCc1nc2ccc(C)cn2c1C(=O)Nc1ccc(Cl)c(C(=O)O)c1. The lowest BCUT2D eigenvalue weighted by Crippen LogP contribution is -2.16. The summed E-state index contributed by atoms with van der Waals surface area (Å²) in [5.41, 5.74) is 3.10. The van der Waals surface area contributed by atoms with Crippen LogP contribution in [0.5, 0.6) is 0 Å². The number of halogens is 1. The van der Waals surface area contributed by atoms with E-state index in [1.165, 1.54) is 12.1 Å². The van der Waals surface area contributed by atoms with Gasteiger partial charge >= 0.3 is 5.97 Å². The highest BCUT2D eigenvalue weighted by atomic mass is 35.5. The van der Waals surface area contributed by atoms with Gasteiger partial charge in [-0.25, -0.2) is 9.78 Å². The molecule has 0 aliphatic heterocycles. The van der Waals surface area contributed by atoms with Gasteiger partial charge in [0.05, 0.1) is 16.3 Å². The second kappa shape index (κ2) is 6.57. The number of nitrogens with zero attached hydrogens (tertiary/aromatic N) is 2. The van der Waals surface area contributed by atoms with E-state index < -0.39 is 5.97 Å². The van der Waals surface area contributed by atoms with Crippen molar-refractivity contribution < 1.29 is 14.7 Å². The fourth-order valence-corrected chi connectivity index (χ4v) is 2.84. The molecule has 128 valence electrons. The number of aromatic carboxylic acids is 1. The van der Waals surface area contributed by atoms with Crippen LogP contribution >= 0.6 is 11.6 Å². The van der Waals surface area contributed by atoms with Crippen molar-refractivity contribution in [3.63, 3.8) is 0 Å². The number of hydrogen-bond acceptors (Lipinski definition) is 3. The summed E-state index contributed by atoms with van der Waals surface area (Å²) in [7, 11) is 0. The first-order valence-corrected chi connectivity index (χ1v) is 8.10. The number of carboxylic acids is 1. The number of hydrogen-bond donors (Lipinski definition) is 2. The number of nitrogens with one attached hydrogen (secondary N) is 1. The lowest BCUT2D eigenvalue weighted by atomic mass is 10.2. The molecule has 0 saturated carbocycles. The second-order valence-electron chi connectivity index (χ2n) is 5.65. The molecule has 0 unspecified atom stereocenters. The van der Waals surface area contributed by atoms with Crippen LogP contribution in [0.15, 0.2) is 36.5 Å². The molecular weight excluding hydrogens is 342 g/mol. The normalized spacial score (nSPS) is 10.8. The van der Waals surface area contributed by atoms with Gasteiger partial charge in [-0.2, -0.15) is 0 Å². The Kier molecular flexibility index (Phi) is 4.46. The van der Waals surface area contributed by atoms with E-state index in [0.29, 0.717) is 29.1 Å². The van der Waals surface area contributed by atoms with Crippen molar-refractivity contribution in [1.29, 1.82) is 0 Å². The minimum atomic E-state index is -1.15. The first kappa shape index (κ1) is 17.0. The van der Waals surface area contributed by atoms with Crippen LogP contribution in [0, 0.1) is 6.92 Å². The van der Waals surface area contributed by atoms with Crippen molar-refractivity contribution in [2.45, 2.75) is 20.3 Å². The maximum Gasteiger partial charge on any atom is 0.337 e. The summed E-state index contributed by atoms with van der Waals surface area (Å²) >= 11 is 5.86. The third-order valence-electron chi connectivity index (χ3n) is 3.84. The average Bonchev–Trinajstić information content (AvgIpc) is 2.94. The summed E-state index contributed by atoms with van der Waals surface area (Å²) in [6.07, 6.45) is 2.45. The lowest BCUT2D eigenvalue weighted by molar-refractivity contribution is 0.0696. The minimum absolute atomic E-state index is 0.0656. The van der Waals surface area contributed by atoms with Crippen LogP contribution in [0.4, 0.5) is 5.69 Å². The van der Waals surface area contributed by atoms with E-state index in [1.54, 1.807) is 10.5 Å². The molecule has 0 radical (unpaired) electrons. The van der Waals surface area contributed by atoms with E-state index in [1.807, 2.05) is 32.2 Å². The molecule has 0 aliphatic rings.